The van der Waals surface area contributed by atoms with Gasteiger partial charge in [-0.15, -0.1) is 0 Å². The van der Waals surface area contributed by atoms with Crippen LogP contribution in [0.15, 0.2) is 36.7 Å². The van der Waals surface area contributed by atoms with Crippen molar-refractivity contribution in [1.29, 1.82) is 0 Å². The molecule has 1 aromatic heterocycles. The quantitative estimate of drug-likeness (QED) is 0.875. The van der Waals surface area contributed by atoms with Crippen LogP contribution in [0.5, 0.6) is 5.88 Å². The van der Waals surface area contributed by atoms with Gasteiger partial charge in [0.15, 0.2) is 5.82 Å². The molecule has 1 atom stereocenters. The summed E-state index contributed by atoms with van der Waals surface area (Å²) in [4.78, 5) is 24.8. The Kier molecular flexibility index (Phi) is 5.72. The lowest BCUT2D eigenvalue weighted by Crippen LogP contribution is -2.34. The minimum atomic E-state index is -0.109. The highest BCUT2D eigenvalue weighted by molar-refractivity contribution is 5.89. The standard InChI is InChI=1S/C21H29N5O2/c1-21(2,3)15-6-8-16(9-7-15)23-20(27)26-11-10-17(14-26)28-19-13-22-12-18(24-19)25(4)5/h6-9,12-13,17H,10-11,14H2,1-5H3,(H,23,27). The maximum atomic E-state index is 12.6. The van der Waals surface area contributed by atoms with Crippen molar-refractivity contribution < 1.29 is 9.53 Å². The van der Waals surface area contributed by atoms with Crippen molar-refractivity contribution in [2.24, 2.45) is 0 Å². The number of benzene rings is 1. The zero-order valence-corrected chi connectivity index (χ0v) is 17.3. The summed E-state index contributed by atoms with van der Waals surface area (Å²) in [5.41, 5.74) is 2.13. The summed E-state index contributed by atoms with van der Waals surface area (Å²) >= 11 is 0. The molecule has 1 N–H and O–H groups in total. The minimum Gasteiger partial charge on any atom is -0.471 e. The molecule has 7 nitrogen and oxygen atoms in total. The van der Waals surface area contributed by atoms with Gasteiger partial charge in [-0.25, -0.2) is 4.79 Å². The summed E-state index contributed by atoms with van der Waals surface area (Å²) in [7, 11) is 3.81. The van der Waals surface area contributed by atoms with Gasteiger partial charge in [0, 0.05) is 32.7 Å². The molecule has 3 rings (SSSR count). The van der Waals surface area contributed by atoms with Crippen LogP contribution in [-0.4, -0.2) is 54.2 Å². The number of ether oxygens (including phenoxy) is 1. The molecule has 1 aliphatic rings. The van der Waals surface area contributed by atoms with Gasteiger partial charge >= 0.3 is 6.03 Å². The van der Waals surface area contributed by atoms with Crippen LogP contribution in [0, 0.1) is 0 Å². The van der Waals surface area contributed by atoms with E-state index in [4.69, 9.17) is 4.74 Å². The molecule has 1 aromatic carbocycles. The number of anilines is 2. The normalized spacial score (nSPS) is 16.8. The predicted molar refractivity (Wildman–Crippen MR) is 111 cm³/mol. The summed E-state index contributed by atoms with van der Waals surface area (Å²) in [5, 5.41) is 2.97. The third-order valence-electron chi connectivity index (χ3n) is 4.78. The molecule has 2 amide bonds. The SMILES string of the molecule is CN(C)c1cncc(OC2CCN(C(=O)Nc3ccc(C(C)(C)C)cc3)C2)n1. The van der Waals surface area contributed by atoms with Crippen molar-refractivity contribution in [3.63, 3.8) is 0 Å². The Bertz CT molecular complexity index is 814. The second kappa shape index (κ2) is 8.04. The number of carbonyl (C=O) groups is 1. The molecule has 2 aromatic rings. The Morgan fingerprint density at radius 1 is 1.21 bits per heavy atom. The molecule has 7 heteroatoms. The molecular weight excluding hydrogens is 354 g/mol. The van der Waals surface area contributed by atoms with E-state index in [2.05, 4.69) is 48.2 Å². The van der Waals surface area contributed by atoms with Gasteiger partial charge in [-0.3, -0.25) is 4.98 Å². The largest absolute Gasteiger partial charge is 0.471 e. The number of aromatic nitrogens is 2. The summed E-state index contributed by atoms with van der Waals surface area (Å²) in [6, 6.07) is 7.90. The van der Waals surface area contributed by atoms with Gasteiger partial charge in [0.05, 0.1) is 18.9 Å². The van der Waals surface area contributed by atoms with Gasteiger partial charge in [-0.1, -0.05) is 32.9 Å². The lowest BCUT2D eigenvalue weighted by molar-refractivity contribution is 0.189. The van der Waals surface area contributed by atoms with Crippen LogP contribution < -0.4 is 15.0 Å². The first-order valence-electron chi connectivity index (χ1n) is 9.55. The summed E-state index contributed by atoms with van der Waals surface area (Å²) in [6.07, 6.45) is 3.98. The maximum Gasteiger partial charge on any atom is 0.321 e. The van der Waals surface area contributed by atoms with E-state index in [0.29, 0.717) is 19.0 Å². The Balaban J connectivity index is 1.55. The molecule has 1 fully saturated rings. The molecular formula is C21H29N5O2. The van der Waals surface area contributed by atoms with Crippen LogP contribution in [0.2, 0.25) is 0 Å². The second-order valence-corrected chi connectivity index (χ2v) is 8.34. The van der Waals surface area contributed by atoms with Gasteiger partial charge in [0.2, 0.25) is 5.88 Å². The number of rotatable bonds is 4. The Morgan fingerprint density at radius 3 is 2.57 bits per heavy atom. The van der Waals surface area contributed by atoms with E-state index in [1.807, 2.05) is 31.1 Å². The van der Waals surface area contributed by atoms with Gasteiger partial charge in [0.1, 0.15) is 6.10 Å². The Morgan fingerprint density at radius 2 is 1.93 bits per heavy atom. The van der Waals surface area contributed by atoms with Crippen LogP contribution in [0.4, 0.5) is 16.3 Å². The predicted octanol–water partition coefficient (Wildman–Crippen LogP) is 3.53. The number of amides is 2. The number of likely N-dealkylation sites (tertiary alicyclic amines) is 1. The number of nitrogens with zero attached hydrogens (tertiary/aromatic N) is 4. The zero-order valence-electron chi connectivity index (χ0n) is 17.3. The minimum absolute atomic E-state index is 0.0827. The van der Waals surface area contributed by atoms with Crippen molar-refractivity contribution >= 4 is 17.5 Å². The molecule has 1 saturated heterocycles. The first kappa shape index (κ1) is 19.9. The van der Waals surface area contributed by atoms with E-state index < -0.39 is 0 Å². The lowest BCUT2D eigenvalue weighted by Gasteiger charge is -2.20. The molecule has 1 unspecified atom stereocenters. The number of urea groups is 1. The van der Waals surface area contributed by atoms with Gasteiger partial charge in [-0.2, -0.15) is 4.98 Å². The molecule has 28 heavy (non-hydrogen) atoms. The third kappa shape index (κ3) is 4.91. The van der Waals surface area contributed by atoms with E-state index in [1.54, 1.807) is 17.3 Å². The fourth-order valence-corrected chi connectivity index (χ4v) is 3.05. The number of hydrogen-bond donors (Lipinski definition) is 1. The molecule has 0 radical (unpaired) electrons. The Hall–Kier alpha value is -2.83. The fourth-order valence-electron chi connectivity index (χ4n) is 3.05. The van der Waals surface area contributed by atoms with E-state index in [0.717, 1.165) is 17.9 Å². The van der Waals surface area contributed by atoms with E-state index in [1.165, 1.54) is 5.56 Å². The fraction of sp³-hybridized carbons (Fsp3) is 0.476. The van der Waals surface area contributed by atoms with Crippen molar-refractivity contribution in [2.75, 3.05) is 37.4 Å². The van der Waals surface area contributed by atoms with Crippen LogP contribution in [0.25, 0.3) is 0 Å². The zero-order chi connectivity index (χ0) is 20.3. The van der Waals surface area contributed by atoms with Crippen LogP contribution in [0.1, 0.15) is 32.8 Å². The lowest BCUT2D eigenvalue weighted by atomic mass is 9.87. The average Bonchev–Trinajstić information content (AvgIpc) is 3.10. The summed E-state index contributed by atoms with van der Waals surface area (Å²) in [6.45, 7) is 7.69. The van der Waals surface area contributed by atoms with Gasteiger partial charge < -0.3 is 19.9 Å². The molecule has 1 aliphatic heterocycles. The first-order chi connectivity index (χ1) is 13.2. The first-order valence-corrected chi connectivity index (χ1v) is 9.55. The number of hydrogen-bond acceptors (Lipinski definition) is 5. The van der Waals surface area contributed by atoms with E-state index >= 15 is 0 Å². The molecule has 2 heterocycles. The summed E-state index contributed by atoms with van der Waals surface area (Å²) < 4.78 is 5.93. The molecule has 150 valence electrons. The van der Waals surface area contributed by atoms with Crippen molar-refractivity contribution in [1.82, 2.24) is 14.9 Å². The van der Waals surface area contributed by atoms with Crippen molar-refractivity contribution in [3.8, 4) is 5.88 Å². The van der Waals surface area contributed by atoms with Gasteiger partial charge in [-0.05, 0) is 23.1 Å². The average molecular weight is 383 g/mol. The van der Waals surface area contributed by atoms with Crippen LogP contribution >= 0.6 is 0 Å². The summed E-state index contributed by atoms with van der Waals surface area (Å²) in [5.74, 6) is 1.22. The molecule has 0 spiro atoms. The highest BCUT2D eigenvalue weighted by Crippen LogP contribution is 2.24. The molecule has 0 saturated carbocycles. The van der Waals surface area contributed by atoms with Crippen LogP contribution in [-0.2, 0) is 5.41 Å². The third-order valence-corrected chi connectivity index (χ3v) is 4.78. The van der Waals surface area contributed by atoms with Crippen molar-refractivity contribution in [2.45, 2.75) is 38.7 Å². The number of nitrogens with one attached hydrogen (secondary N) is 1. The van der Waals surface area contributed by atoms with Crippen LogP contribution in [0.3, 0.4) is 0 Å². The van der Waals surface area contributed by atoms with Gasteiger partial charge in [0.25, 0.3) is 0 Å². The highest BCUT2D eigenvalue weighted by Gasteiger charge is 2.28. The van der Waals surface area contributed by atoms with E-state index in [9.17, 15) is 4.79 Å². The smallest absolute Gasteiger partial charge is 0.321 e. The van der Waals surface area contributed by atoms with E-state index in [-0.39, 0.29) is 17.6 Å². The molecule has 0 bridgehead atoms. The van der Waals surface area contributed by atoms with Crippen molar-refractivity contribution in [3.05, 3.63) is 42.2 Å². The Labute approximate surface area is 166 Å². The highest BCUT2D eigenvalue weighted by atomic mass is 16.5. The second-order valence-electron chi connectivity index (χ2n) is 8.34. The monoisotopic (exact) mass is 383 g/mol. The topological polar surface area (TPSA) is 70.6 Å². The number of carbonyl (C=O) groups excluding carboxylic acids is 1. The maximum absolute atomic E-state index is 12.6. The molecule has 0 aliphatic carbocycles.